The maximum absolute atomic E-state index is 8.66. The maximum Gasteiger partial charge on any atom is 0.0576 e. The van der Waals surface area contributed by atoms with Crippen LogP contribution in [0, 0.1) is 0 Å². The number of unbranched alkanes of at least 4 members (excludes halogenated alkanes) is 9. The zero-order valence-electron chi connectivity index (χ0n) is 12.0. The third kappa shape index (κ3) is 8.93. The van der Waals surface area contributed by atoms with E-state index in [9.17, 15) is 0 Å². The molecular weight excluding hydrogens is 224 g/mol. The Morgan fingerprint density at radius 2 is 1.33 bits per heavy atom. The first-order chi connectivity index (χ1) is 8.93. The van der Waals surface area contributed by atoms with Gasteiger partial charge in [0.2, 0.25) is 0 Å². The summed E-state index contributed by atoms with van der Waals surface area (Å²) in [6.45, 7) is 1.37. The molecule has 0 bridgehead atoms. The van der Waals surface area contributed by atoms with E-state index >= 15 is 0 Å². The summed E-state index contributed by atoms with van der Waals surface area (Å²) in [5.74, 6) is 0. The minimum absolute atomic E-state index is 0.366. The minimum atomic E-state index is 0.366. The van der Waals surface area contributed by atoms with E-state index in [4.69, 9.17) is 9.84 Å². The fourth-order valence-electron chi connectivity index (χ4n) is 2.77. The molecule has 0 aromatic rings. The summed E-state index contributed by atoms with van der Waals surface area (Å²) >= 11 is 0. The van der Waals surface area contributed by atoms with Crippen LogP contribution in [0.3, 0.4) is 0 Å². The van der Waals surface area contributed by atoms with Crippen molar-refractivity contribution in [2.75, 3.05) is 13.2 Å². The Morgan fingerprint density at radius 1 is 0.778 bits per heavy atom. The molecule has 1 unspecified atom stereocenters. The van der Waals surface area contributed by atoms with E-state index in [-0.39, 0.29) is 0 Å². The molecule has 1 N–H and O–H groups in total. The van der Waals surface area contributed by atoms with Crippen LogP contribution in [0.1, 0.15) is 83.5 Å². The predicted molar refractivity (Wildman–Crippen MR) is 76.8 cm³/mol. The highest BCUT2D eigenvalue weighted by molar-refractivity contribution is 4.64. The second-order valence-electron chi connectivity index (χ2n) is 5.68. The van der Waals surface area contributed by atoms with Crippen molar-refractivity contribution in [3.05, 3.63) is 0 Å². The molecule has 2 heteroatoms. The monoisotopic (exact) mass is 256 g/mol. The van der Waals surface area contributed by atoms with Gasteiger partial charge in [-0.2, -0.15) is 0 Å². The van der Waals surface area contributed by atoms with E-state index < -0.39 is 0 Å². The molecule has 1 aliphatic rings. The van der Waals surface area contributed by atoms with Crippen LogP contribution in [0.5, 0.6) is 0 Å². The summed E-state index contributed by atoms with van der Waals surface area (Å²) in [4.78, 5) is 0. The van der Waals surface area contributed by atoms with E-state index in [0.29, 0.717) is 12.7 Å². The molecule has 0 saturated carbocycles. The van der Waals surface area contributed by atoms with Gasteiger partial charge in [0.15, 0.2) is 0 Å². The van der Waals surface area contributed by atoms with Crippen molar-refractivity contribution in [3.8, 4) is 0 Å². The van der Waals surface area contributed by atoms with Crippen molar-refractivity contribution in [1.82, 2.24) is 0 Å². The van der Waals surface area contributed by atoms with Crippen molar-refractivity contribution < 1.29 is 9.84 Å². The SMILES string of the molecule is OCCCCCCCCCCCCC1CCCO1. The van der Waals surface area contributed by atoms with Crippen LogP contribution < -0.4 is 0 Å². The molecular formula is C16H32O2. The van der Waals surface area contributed by atoms with Gasteiger partial charge in [0.05, 0.1) is 6.10 Å². The van der Waals surface area contributed by atoms with Gasteiger partial charge in [0.25, 0.3) is 0 Å². The number of hydrogen-bond acceptors (Lipinski definition) is 2. The fourth-order valence-corrected chi connectivity index (χ4v) is 2.77. The second kappa shape index (κ2) is 12.0. The van der Waals surface area contributed by atoms with Crippen LogP contribution in [0.25, 0.3) is 0 Å². The zero-order chi connectivity index (χ0) is 12.9. The number of aliphatic hydroxyl groups is 1. The highest BCUT2D eigenvalue weighted by atomic mass is 16.5. The smallest absolute Gasteiger partial charge is 0.0576 e. The van der Waals surface area contributed by atoms with Crippen LogP contribution in [0.15, 0.2) is 0 Å². The summed E-state index contributed by atoms with van der Waals surface area (Å²) in [5.41, 5.74) is 0. The number of aliphatic hydroxyl groups excluding tert-OH is 1. The lowest BCUT2D eigenvalue weighted by Gasteiger charge is -2.08. The molecule has 2 nitrogen and oxygen atoms in total. The summed E-state index contributed by atoms with van der Waals surface area (Å²) < 4.78 is 5.63. The Labute approximate surface area is 113 Å². The standard InChI is InChI=1S/C16H32O2/c17-14-10-8-6-4-2-1-3-5-7-9-12-16-13-11-15-18-16/h16-17H,1-15H2. The van der Waals surface area contributed by atoms with Crippen molar-refractivity contribution in [1.29, 1.82) is 0 Å². The maximum atomic E-state index is 8.66. The molecule has 18 heavy (non-hydrogen) atoms. The minimum Gasteiger partial charge on any atom is -0.396 e. The Kier molecular flexibility index (Phi) is 10.6. The highest BCUT2D eigenvalue weighted by Crippen LogP contribution is 2.19. The average molecular weight is 256 g/mol. The zero-order valence-corrected chi connectivity index (χ0v) is 12.0. The van der Waals surface area contributed by atoms with Gasteiger partial charge in [0, 0.05) is 13.2 Å². The molecule has 1 rings (SSSR count). The average Bonchev–Trinajstić information content (AvgIpc) is 2.89. The predicted octanol–water partition coefficient (Wildman–Crippen LogP) is 4.45. The Hall–Kier alpha value is -0.0800. The second-order valence-corrected chi connectivity index (χ2v) is 5.68. The van der Waals surface area contributed by atoms with Gasteiger partial charge in [-0.3, -0.25) is 0 Å². The molecule has 1 saturated heterocycles. The lowest BCUT2D eigenvalue weighted by atomic mass is 10.0. The molecule has 0 aromatic heterocycles. The summed E-state index contributed by atoms with van der Waals surface area (Å²) in [6.07, 6.45) is 17.7. The van der Waals surface area contributed by atoms with E-state index in [1.807, 2.05) is 0 Å². The number of hydrogen-bond donors (Lipinski definition) is 1. The molecule has 1 heterocycles. The van der Waals surface area contributed by atoms with Gasteiger partial charge < -0.3 is 9.84 Å². The molecule has 1 aliphatic heterocycles. The van der Waals surface area contributed by atoms with E-state index in [1.165, 1.54) is 77.0 Å². The number of ether oxygens (including phenoxy) is 1. The Morgan fingerprint density at radius 3 is 1.83 bits per heavy atom. The first kappa shape index (κ1) is 16.0. The number of rotatable bonds is 12. The topological polar surface area (TPSA) is 29.5 Å². The van der Waals surface area contributed by atoms with Gasteiger partial charge >= 0.3 is 0 Å². The summed E-state index contributed by atoms with van der Waals surface area (Å²) in [5, 5.41) is 8.66. The van der Waals surface area contributed by atoms with Crippen LogP contribution in [-0.4, -0.2) is 24.4 Å². The van der Waals surface area contributed by atoms with Crippen molar-refractivity contribution >= 4 is 0 Å². The molecule has 1 atom stereocenters. The van der Waals surface area contributed by atoms with Gasteiger partial charge in [-0.1, -0.05) is 57.8 Å². The van der Waals surface area contributed by atoms with E-state index in [1.54, 1.807) is 0 Å². The van der Waals surface area contributed by atoms with Crippen LogP contribution in [0.2, 0.25) is 0 Å². The largest absolute Gasteiger partial charge is 0.396 e. The van der Waals surface area contributed by atoms with Crippen molar-refractivity contribution in [2.24, 2.45) is 0 Å². The van der Waals surface area contributed by atoms with E-state index in [2.05, 4.69) is 0 Å². The molecule has 0 amide bonds. The van der Waals surface area contributed by atoms with Crippen molar-refractivity contribution in [2.45, 2.75) is 89.6 Å². The van der Waals surface area contributed by atoms with Crippen molar-refractivity contribution in [3.63, 3.8) is 0 Å². The van der Waals surface area contributed by atoms with Crippen LogP contribution in [-0.2, 0) is 4.74 Å². The van der Waals surface area contributed by atoms with Gasteiger partial charge in [-0.15, -0.1) is 0 Å². The van der Waals surface area contributed by atoms with Crippen LogP contribution >= 0.6 is 0 Å². The molecule has 108 valence electrons. The van der Waals surface area contributed by atoms with Gasteiger partial charge in [0.1, 0.15) is 0 Å². The first-order valence-corrected chi connectivity index (χ1v) is 8.16. The fraction of sp³-hybridized carbons (Fsp3) is 1.00. The molecule has 0 radical (unpaired) electrons. The molecule has 0 spiro atoms. The lowest BCUT2D eigenvalue weighted by Crippen LogP contribution is -2.03. The summed E-state index contributed by atoms with van der Waals surface area (Å²) in [6, 6.07) is 0. The Bertz CT molecular complexity index is 164. The lowest BCUT2D eigenvalue weighted by molar-refractivity contribution is 0.102. The first-order valence-electron chi connectivity index (χ1n) is 8.16. The molecule has 0 aromatic carbocycles. The van der Waals surface area contributed by atoms with Gasteiger partial charge in [-0.05, 0) is 25.7 Å². The third-order valence-electron chi connectivity index (χ3n) is 3.96. The summed E-state index contributed by atoms with van der Waals surface area (Å²) in [7, 11) is 0. The molecule has 1 fully saturated rings. The highest BCUT2D eigenvalue weighted by Gasteiger charge is 2.14. The quantitative estimate of drug-likeness (QED) is 0.523. The molecule has 0 aliphatic carbocycles. The Balaban J connectivity index is 1.68. The van der Waals surface area contributed by atoms with Crippen LogP contribution in [0.4, 0.5) is 0 Å². The van der Waals surface area contributed by atoms with E-state index in [0.717, 1.165) is 13.0 Å². The normalized spacial score (nSPS) is 19.5. The van der Waals surface area contributed by atoms with Gasteiger partial charge in [-0.25, -0.2) is 0 Å². The third-order valence-corrected chi connectivity index (χ3v) is 3.96.